The molecule has 0 saturated carbocycles. The van der Waals surface area contributed by atoms with Gasteiger partial charge in [0.2, 0.25) is 0 Å². The van der Waals surface area contributed by atoms with E-state index in [2.05, 4.69) is 10.3 Å². The maximum Gasteiger partial charge on any atom is 0.272 e. The molecule has 0 radical (unpaired) electrons. The summed E-state index contributed by atoms with van der Waals surface area (Å²) in [5, 5.41) is 3.29. The van der Waals surface area contributed by atoms with Gasteiger partial charge in [-0.2, -0.15) is 0 Å². The predicted molar refractivity (Wildman–Crippen MR) is 97.6 cm³/mol. The number of H-pyrrole nitrogens is 1. The van der Waals surface area contributed by atoms with Crippen molar-refractivity contribution in [3.05, 3.63) is 53.2 Å². The van der Waals surface area contributed by atoms with Crippen LogP contribution in [0.4, 0.5) is 14.5 Å². The van der Waals surface area contributed by atoms with Gasteiger partial charge in [0.15, 0.2) is 11.6 Å². The van der Waals surface area contributed by atoms with Crippen molar-refractivity contribution in [2.24, 2.45) is 0 Å². The quantitative estimate of drug-likeness (QED) is 0.713. The van der Waals surface area contributed by atoms with Crippen molar-refractivity contribution in [2.45, 2.75) is 26.4 Å². The Morgan fingerprint density at radius 2 is 2.11 bits per heavy atom. The van der Waals surface area contributed by atoms with Crippen LogP contribution >= 0.6 is 0 Å². The summed E-state index contributed by atoms with van der Waals surface area (Å²) in [4.78, 5) is 15.6. The third-order valence-electron chi connectivity index (χ3n) is 4.46. The molecule has 2 N–H and O–H groups in total. The standard InChI is InChI=1S/C20H18F2N2O3/c1-3-26-17-7-11-6-10(2)27-19(11)18-13(17)9-16(24-18)20(25)23-12-4-5-14(21)15(22)8-12/h4-5,7-10,24H,3,6H2,1-2H3,(H,23,25)/t10-/m0/s1. The van der Waals surface area contributed by atoms with Crippen molar-refractivity contribution in [2.75, 3.05) is 11.9 Å². The van der Waals surface area contributed by atoms with Crippen LogP contribution in [0.25, 0.3) is 10.9 Å². The summed E-state index contributed by atoms with van der Waals surface area (Å²) in [6.07, 6.45) is 0.809. The summed E-state index contributed by atoms with van der Waals surface area (Å²) in [6.45, 7) is 4.36. The topological polar surface area (TPSA) is 63.4 Å². The van der Waals surface area contributed by atoms with Crippen LogP contribution in [0.15, 0.2) is 30.3 Å². The molecule has 4 rings (SSSR count). The molecule has 2 aromatic carbocycles. The highest BCUT2D eigenvalue weighted by Crippen LogP contribution is 2.41. The minimum Gasteiger partial charge on any atom is -0.493 e. The fourth-order valence-corrected chi connectivity index (χ4v) is 3.30. The number of nitrogens with one attached hydrogen (secondary N) is 2. The molecule has 2 heterocycles. The van der Waals surface area contributed by atoms with Crippen LogP contribution in [0, 0.1) is 11.6 Å². The van der Waals surface area contributed by atoms with Gasteiger partial charge in [-0.3, -0.25) is 4.79 Å². The Morgan fingerprint density at radius 3 is 2.85 bits per heavy atom. The number of hydrogen-bond donors (Lipinski definition) is 2. The van der Waals surface area contributed by atoms with E-state index in [1.807, 2.05) is 19.9 Å². The number of carbonyl (C=O) groups is 1. The third-order valence-corrected chi connectivity index (χ3v) is 4.46. The summed E-state index contributed by atoms with van der Waals surface area (Å²) in [5.41, 5.74) is 2.15. The zero-order chi connectivity index (χ0) is 19.1. The molecule has 0 saturated heterocycles. The number of rotatable bonds is 4. The Morgan fingerprint density at radius 1 is 1.30 bits per heavy atom. The van der Waals surface area contributed by atoms with Crippen LogP contribution in [0.2, 0.25) is 0 Å². The summed E-state index contributed by atoms with van der Waals surface area (Å²) in [5.74, 6) is -1.08. The van der Waals surface area contributed by atoms with E-state index in [-0.39, 0.29) is 17.5 Å². The number of aromatic amines is 1. The van der Waals surface area contributed by atoms with Gasteiger partial charge in [0.25, 0.3) is 5.91 Å². The normalized spacial score (nSPS) is 15.5. The van der Waals surface area contributed by atoms with E-state index in [9.17, 15) is 13.6 Å². The zero-order valence-corrected chi connectivity index (χ0v) is 14.9. The summed E-state index contributed by atoms with van der Waals surface area (Å²) in [7, 11) is 0. The van der Waals surface area contributed by atoms with E-state index in [1.165, 1.54) is 6.07 Å². The number of amides is 1. The average molecular weight is 372 g/mol. The molecule has 0 aliphatic carbocycles. The first-order valence-corrected chi connectivity index (χ1v) is 8.70. The summed E-state index contributed by atoms with van der Waals surface area (Å²) < 4.78 is 38.0. The molecule has 1 aliphatic heterocycles. The molecule has 7 heteroatoms. The second kappa shape index (κ2) is 6.57. The first-order valence-electron chi connectivity index (χ1n) is 8.70. The molecule has 27 heavy (non-hydrogen) atoms. The fourth-order valence-electron chi connectivity index (χ4n) is 3.30. The van der Waals surface area contributed by atoms with Crippen LogP contribution in [-0.2, 0) is 6.42 Å². The second-order valence-corrected chi connectivity index (χ2v) is 6.48. The molecule has 1 aliphatic rings. The molecule has 0 fully saturated rings. The highest BCUT2D eigenvalue weighted by Gasteiger charge is 2.26. The van der Waals surface area contributed by atoms with Crippen LogP contribution in [-0.4, -0.2) is 23.6 Å². The molecule has 0 spiro atoms. The van der Waals surface area contributed by atoms with Crippen molar-refractivity contribution < 1.29 is 23.0 Å². The van der Waals surface area contributed by atoms with Gasteiger partial charge >= 0.3 is 0 Å². The monoisotopic (exact) mass is 372 g/mol. The molecule has 140 valence electrons. The Labute approximate surface area is 154 Å². The molecule has 1 amide bonds. The molecule has 1 aromatic heterocycles. The molecule has 5 nitrogen and oxygen atoms in total. The first kappa shape index (κ1) is 17.3. The van der Waals surface area contributed by atoms with Crippen molar-refractivity contribution >= 4 is 22.5 Å². The number of benzene rings is 2. The Hall–Kier alpha value is -3.09. The number of ether oxygens (including phenoxy) is 2. The van der Waals surface area contributed by atoms with Gasteiger partial charge in [0.1, 0.15) is 23.3 Å². The number of fused-ring (bicyclic) bond motifs is 3. The number of hydrogen-bond acceptors (Lipinski definition) is 3. The Balaban J connectivity index is 1.72. The lowest BCUT2D eigenvalue weighted by molar-refractivity contribution is 0.102. The van der Waals surface area contributed by atoms with Gasteiger partial charge in [-0.15, -0.1) is 0 Å². The molecular weight excluding hydrogens is 354 g/mol. The first-order chi connectivity index (χ1) is 13.0. The number of aromatic nitrogens is 1. The van der Waals surface area contributed by atoms with E-state index >= 15 is 0 Å². The maximum absolute atomic E-state index is 13.4. The smallest absolute Gasteiger partial charge is 0.272 e. The predicted octanol–water partition coefficient (Wildman–Crippen LogP) is 4.42. The van der Waals surface area contributed by atoms with Crippen LogP contribution < -0.4 is 14.8 Å². The lowest BCUT2D eigenvalue weighted by Crippen LogP contribution is -2.12. The molecule has 3 aromatic rings. The zero-order valence-electron chi connectivity index (χ0n) is 14.9. The average Bonchev–Trinajstić information content (AvgIpc) is 3.22. The van der Waals surface area contributed by atoms with E-state index < -0.39 is 17.5 Å². The van der Waals surface area contributed by atoms with Gasteiger partial charge in [0, 0.05) is 29.1 Å². The van der Waals surface area contributed by atoms with Gasteiger partial charge in [0.05, 0.1) is 12.1 Å². The van der Waals surface area contributed by atoms with Crippen LogP contribution in [0.5, 0.6) is 11.5 Å². The van der Waals surface area contributed by atoms with Gasteiger partial charge < -0.3 is 19.8 Å². The molecule has 1 atom stereocenters. The number of anilines is 1. The van der Waals surface area contributed by atoms with Crippen LogP contribution in [0.1, 0.15) is 29.9 Å². The minimum atomic E-state index is -1.02. The fraction of sp³-hybridized carbons (Fsp3) is 0.250. The highest BCUT2D eigenvalue weighted by atomic mass is 19.2. The van der Waals surface area contributed by atoms with Crippen LogP contribution in [0.3, 0.4) is 0 Å². The van der Waals surface area contributed by atoms with Gasteiger partial charge in [-0.05, 0) is 38.1 Å². The van der Waals surface area contributed by atoms with E-state index in [0.29, 0.717) is 23.6 Å². The van der Waals surface area contributed by atoms with Gasteiger partial charge in [-0.25, -0.2) is 8.78 Å². The van der Waals surface area contributed by atoms with E-state index in [4.69, 9.17) is 9.47 Å². The lowest BCUT2D eigenvalue weighted by Gasteiger charge is -2.08. The Bertz CT molecular complexity index is 1050. The van der Waals surface area contributed by atoms with Crippen molar-refractivity contribution in [3.63, 3.8) is 0 Å². The SMILES string of the molecule is CCOc1cc2c(c3[nH]c(C(=O)Nc4ccc(F)c(F)c4)cc13)O[C@@H](C)C2. The van der Waals surface area contributed by atoms with Crippen molar-refractivity contribution in [1.82, 2.24) is 4.98 Å². The highest BCUT2D eigenvalue weighted by molar-refractivity contribution is 6.07. The largest absolute Gasteiger partial charge is 0.493 e. The van der Waals surface area contributed by atoms with Gasteiger partial charge in [-0.1, -0.05) is 0 Å². The maximum atomic E-state index is 13.4. The summed E-state index contributed by atoms with van der Waals surface area (Å²) in [6, 6.07) is 6.81. The Kier molecular flexibility index (Phi) is 4.22. The third kappa shape index (κ3) is 3.09. The van der Waals surface area contributed by atoms with Crippen molar-refractivity contribution in [1.29, 1.82) is 0 Å². The van der Waals surface area contributed by atoms with E-state index in [1.54, 1.807) is 6.07 Å². The number of halogens is 2. The molecule has 0 unspecified atom stereocenters. The molecule has 0 bridgehead atoms. The number of carbonyl (C=O) groups excluding carboxylic acids is 1. The minimum absolute atomic E-state index is 0.0443. The van der Waals surface area contributed by atoms with Crippen molar-refractivity contribution in [3.8, 4) is 11.5 Å². The molecular formula is C20H18F2N2O3. The summed E-state index contributed by atoms with van der Waals surface area (Å²) >= 11 is 0. The van der Waals surface area contributed by atoms with E-state index in [0.717, 1.165) is 29.5 Å². The lowest BCUT2D eigenvalue weighted by atomic mass is 10.1. The second-order valence-electron chi connectivity index (χ2n) is 6.48.